The minimum atomic E-state index is -3.91. The van der Waals surface area contributed by atoms with Gasteiger partial charge in [-0.05, 0) is 79.0 Å². The van der Waals surface area contributed by atoms with Crippen LogP contribution in [0.25, 0.3) is 11.0 Å². The Hall–Kier alpha value is -3.97. The molecule has 10 nitrogen and oxygen atoms in total. The Kier molecular flexibility index (Phi) is 8.57. The third kappa shape index (κ3) is 5.74. The Morgan fingerprint density at radius 2 is 1.93 bits per heavy atom. The van der Waals surface area contributed by atoms with Crippen molar-refractivity contribution in [2.45, 2.75) is 82.8 Å². The number of anilines is 1. The lowest BCUT2D eigenvalue weighted by atomic mass is 9.84. The van der Waals surface area contributed by atoms with Gasteiger partial charge in [-0.15, -0.1) is 5.10 Å². The van der Waals surface area contributed by atoms with Crippen LogP contribution in [-0.4, -0.2) is 62.9 Å². The maximum atomic E-state index is 14.8. The summed E-state index contributed by atoms with van der Waals surface area (Å²) in [5.41, 5.74) is 2.45. The summed E-state index contributed by atoms with van der Waals surface area (Å²) in [6, 6.07) is 11.8. The number of fused-ring (bicyclic) bond motifs is 4. The molecule has 2 fully saturated rings. The van der Waals surface area contributed by atoms with E-state index in [9.17, 15) is 27.1 Å². The molecule has 1 saturated heterocycles. The average Bonchev–Trinajstić information content (AvgIpc) is 3.58. The number of alkyl halides is 2. The average molecular weight is 653 g/mol. The second-order valence-electron chi connectivity index (χ2n) is 12.4. The molecule has 0 amide bonds. The number of aliphatic carboxylic acids is 1. The van der Waals surface area contributed by atoms with E-state index in [-0.39, 0.29) is 48.1 Å². The largest absolute Gasteiger partial charge is 0.481 e. The van der Waals surface area contributed by atoms with Crippen LogP contribution in [0, 0.1) is 12.8 Å². The first-order valence-corrected chi connectivity index (χ1v) is 16.7. The highest BCUT2D eigenvalue weighted by molar-refractivity contribution is 7.89. The van der Waals surface area contributed by atoms with Crippen LogP contribution >= 0.6 is 0 Å². The van der Waals surface area contributed by atoms with Crippen molar-refractivity contribution in [1.29, 1.82) is 0 Å². The predicted octanol–water partition coefficient (Wildman–Crippen LogP) is 5.90. The maximum Gasteiger partial charge on any atom is 0.304 e. The normalized spacial score (nSPS) is 19.8. The first kappa shape index (κ1) is 32.0. The molecule has 1 saturated carbocycles. The van der Waals surface area contributed by atoms with E-state index in [1.807, 2.05) is 6.92 Å². The maximum absolute atomic E-state index is 14.8. The molecule has 7 rings (SSSR count). The van der Waals surface area contributed by atoms with E-state index in [2.05, 4.69) is 20.2 Å². The summed E-state index contributed by atoms with van der Waals surface area (Å²) in [5, 5.41) is 18.2. The van der Waals surface area contributed by atoms with Gasteiger partial charge in [-0.2, -0.15) is 4.31 Å². The highest BCUT2D eigenvalue weighted by Gasteiger charge is 2.40. The molecule has 0 unspecified atom stereocenters. The number of hydrogen-bond acceptors (Lipinski definition) is 7. The Labute approximate surface area is 267 Å². The number of hydrogen-bond donors (Lipinski definition) is 1. The van der Waals surface area contributed by atoms with E-state index in [0.717, 1.165) is 37.8 Å². The topological polar surface area (TPSA) is 122 Å². The first-order chi connectivity index (χ1) is 21.6. The van der Waals surface area contributed by atoms with Crippen LogP contribution in [0.2, 0.25) is 0 Å². The van der Waals surface area contributed by atoms with Gasteiger partial charge in [0, 0.05) is 44.3 Å². The molecule has 4 heterocycles. The summed E-state index contributed by atoms with van der Waals surface area (Å²) in [6.45, 7) is 3.54. The Morgan fingerprint density at radius 3 is 2.67 bits per heavy atom. The molecule has 2 aromatic heterocycles. The molecule has 4 aromatic rings. The highest BCUT2D eigenvalue weighted by atomic mass is 32.2. The second kappa shape index (κ2) is 12.3. The van der Waals surface area contributed by atoms with Crippen molar-refractivity contribution < 1.29 is 27.1 Å². The number of aryl methyl sites for hydroxylation is 1. The number of halogens is 2. The lowest BCUT2D eigenvalue weighted by Gasteiger charge is -2.26. The number of aromatic nitrogens is 4. The molecule has 0 bridgehead atoms. The summed E-state index contributed by atoms with van der Waals surface area (Å²) in [5.74, 6) is -1.12. The second-order valence-corrected chi connectivity index (χ2v) is 14.3. The number of nitrogens with zero attached hydrogens (tertiary/aromatic N) is 6. The molecule has 244 valence electrons. The van der Waals surface area contributed by atoms with Crippen LogP contribution in [0.1, 0.15) is 79.7 Å². The number of rotatable bonds is 9. The van der Waals surface area contributed by atoms with Gasteiger partial charge in [0.25, 0.3) is 6.43 Å². The summed E-state index contributed by atoms with van der Waals surface area (Å²) in [4.78, 5) is 18.8. The van der Waals surface area contributed by atoms with E-state index >= 15 is 0 Å². The molecule has 3 aliphatic rings. The monoisotopic (exact) mass is 652 g/mol. The van der Waals surface area contributed by atoms with Gasteiger partial charge in [-0.1, -0.05) is 36.9 Å². The third-order valence-electron chi connectivity index (χ3n) is 9.42. The molecule has 1 aliphatic carbocycles. The van der Waals surface area contributed by atoms with Crippen LogP contribution in [0.3, 0.4) is 0 Å². The Morgan fingerprint density at radius 1 is 1.13 bits per heavy atom. The van der Waals surface area contributed by atoms with E-state index in [4.69, 9.17) is 0 Å². The minimum Gasteiger partial charge on any atom is -0.481 e. The fraction of sp³-hybridized carbons (Fsp3) is 0.455. The number of benzene rings is 2. The zero-order chi connectivity index (χ0) is 31.5. The molecule has 0 spiro atoms. The standard InChI is InChI=1S/C32H34F2N6O4S.CH4/c1-19-6-9-21(14-22(19)17-38-18-23-4-3-13-39(23)32-27(45(38,43)44)5-2-12-35-32)25(15-28(41)42)24-10-11-26-30(29(24)31(33)34)36-37-40(26)16-20-7-8-20;/h2,5-6,9-12,14,20,23,25,31H,3-4,7-8,13,15-18H2,1H3,(H,41,42);1H4/t23-,25+;/m1./s1. The van der Waals surface area contributed by atoms with Gasteiger partial charge in [0.15, 0.2) is 0 Å². The minimum absolute atomic E-state index is 0. The smallest absolute Gasteiger partial charge is 0.304 e. The summed E-state index contributed by atoms with van der Waals surface area (Å²) >= 11 is 0. The molecular formula is C33H38F2N6O4S. The Balaban J connectivity index is 0.00000372. The predicted molar refractivity (Wildman–Crippen MR) is 169 cm³/mol. The quantitative estimate of drug-likeness (QED) is 0.237. The van der Waals surface area contributed by atoms with E-state index in [1.54, 1.807) is 53.3 Å². The van der Waals surface area contributed by atoms with Crippen molar-refractivity contribution in [1.82, 2.24) is 24.3 Å². The van der Waals surface area contributed by atoms with Crippen LogP contribution in [-0.2, 0) is 27.9 Å². The number of carboxylic acids is 1. The fourth-order valence-corrected chi connectivity index (χ4v) is 8.47. The summed E-state index contributed by atoms with van der Waals surface area (Å²) in [6.07, 6.45) is 2.19. The van der Waals surface area contributed by atoms with Crippen molar-refractivity contribution >= 4 is 32.8 Å². The Bertz CT molecular complexity index is 1890. The molecule has 2 aliphatic heterocycles. The molecule has 2 aromatic carbocycles. The molecule has 46 heavy (non-hydrogen) atoms. The fourth-order valence-electron chi connectivity index (χ4n) is 6.86. The van der Waals surface area contributed by atoms with Crippen LogP contribution < -0.4 is 4.90 Å². The first-order valence-electron chi connectivity index (χ1n) is 15.3. The molecule has 0 radical (unpaired) electrons. The van der Waals surface area contributed by atoms with Gasteiger partial charge >= 0.3 is 5.97 Å². The zero-order valence-corrected chi connectivity index (χ0v) is 25.6. The van der Waals surface area contributed by atoms with E-state index in [1.165, 1.54) is 4.31 Å². The summed E-state index contributed by atoms with van der Waals surface area (Å²) in [7, 11) is -3.91. The van der Waals surface area contributed by atoms with Gasteiger partial charge in [-0.3, -0.25) is 4.79 Å². The van der Waals surface area contributed by atoms with Gasteiger partial charge in [0.2, 0.25) is 10.0 Å². The van der Waals surface area contributed by atoms with Gasteiger partial charge in [0.05, 0.1) is 17.5 Å². The SMILES string of the molecule is C.Cc1ccc([C@H](CC(=O)O)c2ccc3c(nnn3CC3CC3)c2C(F)F)cc1CN1C[C@H]2CCCN2c2ncccc2S1(=O)=O. The van der Waals surface area contributed by atoms with Crippen molar-refractivity contribution in [3.63, 3.8) is 0 Å². The lowest BCUT2D eigenvalue weighted by Crippen LogP contribution is -2.39. The van der Waals surface area contributed by atoms with Crippen molar-refractivity contribution in [2.75, 3.05) is 18.0 Å². The van der Waals surface area contributed by atoms with Crippen LogP contribution in [0.15, 0.2) is 53.6 Å². The van der Waals surface area contributed by atoms with Gasteiger partial charge < -0.3 is 10.0 Å². The number of pyridine rings is 1. The van der Waals surface area contributed by atoms with Crippen molar-refractivity contribution in [3.8, 4) is 0 Å². The van der Waals surface area contributed by atoms with Crippen molar-refractivity contribution in [3.05, 3.63) is 76.5 Å². The number of sulfonamides is 1. The summed E-state index contributed by atoms with van der Waals surface area (Å²) < 4.78 is 60.5. The molecule has 2 atom stereocenters. The molecular weight excluding hydrogens is 614 g/mol. The number of carboxylic acid groups (broad SMARTS) is 1. The number of carbonyl (C=O) groups is 1. The third-order valence-corrected chi connectivity index (χ3v) is 11.2. The zero-order valence-electron chi connectivity index (χ0n) is 24.8. The van der Waals surface area contributed by atoms with Gasteiger partial charge in [-0.25, -0.2) is 26.9 Å². The van der Waals surface area contributed by atoms with E-state index in [0.29, 0.717) is 34.9 Å². The molecule has 13 heteroatoms. The van der Waals surface area contributed by atoms with E-state index < -0.39 is 34.8 Å². The molecule has 1 N–H and O–H groups in total. The van der Waals surface area contributed by atoms with Crippen molar-refractivity contribution in [2.24, 2.45) is 5.92 Å². The van der Waals surface area contributed by atoms with Gasteiger partial charge in [0.1, 0.15) is 16.2 Å². The van der Waals surface area contributed by atoms with Crippen LogP contribution in [0.5, 0.6) is 0 Å². The lowest BCUT2D eigenvalue weighted by molar-refractivity contribution is -0.137. The van der Waals surface area contributed by atoms with Crippen LogP contribution in [0.4, 0.5) is 14.6 Å². The highest BCUT2D eigenvalue weighted by Crippen LogP contribution is 2.41.